The van der Waals surface area contributed by atoms with Gasteiger partial charge in [-0.15, -0.1) is 0 Å². The van der Waals surface area contributed by atoms with Crippen LogP contribution >= 0.6 is 0 Å². The van der Waals surface area contributed by atoms with Gasteiger partial charge < -0.3 is 15.3 Å². The normalized spacial score (nSPS) is 15.1. The third-order valence-electron chi connectivity index (χ3n) is 2.35. The van der Waals surface area contributed by atoms with Crippen LogP contribution in [0, 0.1) is 19.7 Å². The fourth-order valence-corrected chi connectivity index (χ4v) is 1.47. The molecule has 1 aromatic carbocycles. The molecule has 0 bridgehead atoms. The standard InChI is InChI=1S/C11H15FO3/c1-6-3-8(4-7(2)10(6)12)11(15)9(14)5-13/h3-4,9,11,13-15H,5H2,1-2H3. The lowest BCUT2D eigenvalue weighted by Crippen LogP contribution is -2.22. The van der Waals surface area contributed by atoms with Crippen molar-refractivity contribution < 1.29 is 19.7 Å². The zero-order valence-electron chi connectivity index (χ0n) is 8.74. The summed E-state index contributed by atoms with van der Waals surface area (Å²) >= 11 is 0. The molecule has 3 N–H and O–H groups in total. The Kier molecular flexibility index (Phi) is 3.79. The van der Waals surface area contributed by atoms with Crippen molar-refractivity contribution >= 4 is 0 Å². The summed E-state index contributed by atoms with van der Waals surface area (Å²) in [6, 6.07) is 2.93. The summed E-state index contributed by atoms with van der Waals surface area (Å²) in [4.78, 5) is 0. The fourth-order valence-electron chi connectivity index (χ4n) is 1.47. The minimum Gasteiger partial charge on any atom is -0.394 e. The molecule has 3 nitrogen and oxygen atoms in total. The van der Waals surface area contributed by atoms with Crippen molar-refractivity contribution in [2.75, 3.05) is 6.61 Å². The van der Waals surface area contributed by atoms with Crippen LogP contribution in [0.15, 0.2) is 12.1 Å². The van der Waals surface area contributed by atoms with Crippen LogP contribution in [0.5, 0.6) is 0 Å². The molecule has 0 saturated carbocycles. The van der Waals surface area contributed by atoms with E-state index < -0.39 is 18.8 Å². The zero-order valence-corrected chi connectivity index (χ0v) is 8.74. The maximum atomic E-state index is 13.3. The van der Waals surface area contributed by atoms with Crippen LogP contribution in [0.2, 0.25) is 0 Å². The third-order valence-corrected chi connectivity index (χ3v) is 2.35. The van der Waals surface area contributed by atoms with E-state index in [0.717, 1.165) is 0 Å². The number of aliphatic hydroxyl groups excluding tert-OH is 3. The molecule has 0 aliphatic heterocycles. The van der Waals surface area contributed by atoms with E-state index in [-0.39, 0.29) is 5.82 Å². The molecule has 4 heteroatoms. The van der Waals surface area contributed by atoms with Gasteiger partial charge in [0, 0.05) is 0 Å². The topological polar surface area (TPSA) is 60.7 Å². The maximum Gasteiger partial charge on any atom is 0.129 e. The Bertz CT molecular complexity index is 329. The molecular formula is C11H15FO3. The van der Waals surface area contributed by atoms with Crippen molar-refractivity contribution in [1.29, 1.82) is 0 Å². The third kappa shape index (κ3) is 2.53. The Balaban J connectivity index is 3.06. The molecule has 0 saturated heterocycles. The SMILES string of the molecule is Cc1cc(C(O)C(O)CO)cc(C)c1F. The highest BCUT2D eigenvalue weighted by Gasteiger charge is 2.18. The van der Waals surface area contributed by atoms with E-state index in [1.54, 1.807) is 13.8 Å². The summed E-state index contributed by atoms with van der Waals surface area (Å²) in [5.41, 5.74) is 1.23. The van der Waals surface area contributed by atoms with Gasteiger partial charge >= 0.3 is 0 Å². The summed E-state index contributed by atoms with van der Waals surface area (Å²) in [5, 5.41) is 27.5. The lowest BCUT2D eigenvalue weighted by molar-refractivity contribution is -0.0153. The van der Waals surface area contributed by atoms with Crippen molar-refractivity contribution in [3.05, 3.63) is 34.6 Å². The number of halogens is 1. The Hall–Kier alpha value is -0.970. The number of aliphatic hydroxyl groups is 3. The van der Waals surface area contributed by atoms with Gasteiger partial charge in [-0.3, -0.25) is 0 Å². The maximum absolute atomic E-state index is 13.3. The summed E-state index contributed by atoms with van der Waals surface area (Å²) < 4.78 is 13.3. The number of hydrogen-bond donors (Lipinski definition) is 3. The molecule has 0 aliphatic rings. The number of benzene rings is 1. The molecule has 0 aliphatic carbocycles. The first-order chi connectivity index (χ1) is 6.97. The van der Waals surface area contributed by atoms with E-state index in [0.29, 0.717) is 16.7 Å². The van der Waals surface area contributed by atoms with E-state index in [1.807, 2.05) is 0 Å². The molecule has 0 spiro atoms. The van der Waals surface area contributed by atoms with Crippen LogP contribution in [-0.2, 0) is 0 Å². The first-order valence-electron chi connectivity index (χ1n) is 4.71. The van der Waals surface area contributed by atoms with Gasteiger partial charge in [0.25, 0.3) is 0 Å². The molecule has 1 aromatic rings. The number of hydrogen-bond acceptors (Lipinski definition) is 3. The molecule has 0 heterocycles. The van der Waals surface area contributed by atoms with Gasteiger partial charge in [0.05, 0.1) is 6.61 Å². The zero-order chi connectivity index (χ0) is 11.6. The molecule has 0 radical (unpaired) electrons. The van der Waals surface area contributed by atoms with Gasteiger partial charge in [-0.1, -0.05) is 12.1 Å². The highest BCUT2D eigenvalue weighted by atomic mass is 19.1. The Morgan fingerprint density at radius 2 is 1.67 bits per heavy atom. The summed E-state index contributed by atoms with van der Waals surface area (Å²) in [6.07, 6.45) is -2.43. The number of rotatable bonds is 3. The van der Waals surface area contributed by atoms with Crippen LogP contribution in [0.1, 0.15) is 22.8 Å². The van der Waals surface area contributed by atoms with Gasteiger partial charge in [0.2, 0.25) is 0 Å². The van der Waals surface area contributed by atoms with Crippen molar-refractivity contribution in [3.63, 3.8) is 0 Å². The first-order valence-corrected chi connectivity index (χ1v) is 4.71. The van der Waals surface area contributed by atoms with Crippen LogP contribution < -0.4 is 0 Å². The van der Waals surface area contributed by atoms with Crippen molar-refractivity contribution in [2.45, 2.75) is 26.1 Å². The highest BCUT2D eigenvalue weighted by molar-refractivity contribution is 5.32. The quantitative estimate of drug-likeness (QED) is 0.698. The first kappa shape index (κ1) is 12.1. The molecular weight excluding hydrogens is 199 g/mol. The van der Waals surface area contributed by atoms with Gasteiger partial charge in [-0.2, -0.15) is 0 Å². The fraction of sp³-hybridized carbons (Fsp3) is 0.455. The van der Waals surface area contributed by atoms with Crippen molar-refractivity contribution in [2.24, 2.45) is 0 Å². The number of aryl methyl sites for hydroxylation is 2. The largest absolute Gasteiger partial charge is 0.394 e. The second-order valence-corrected chi connectivity index (χ2v) is 3.66. The molecule has 1 rings (SSSR count). The summed E-state index contributed by atoms with van der Waals surface area (Å²) in [5.74, 6) is -0.315. The van der Waals surface area contributed by atoms with Crippen molar-refractivity contribution in [3.8, 4) is 0 Å². The average Bonchev–Trinajstić information content (AvgIpc) is 2.23. The predicted octanol–water partition coefficient (Wildman–Crippen LogP) is 0.829. The van der Waals surface area contributed by atoms with Crippen molar-refractivity contribution in [1.82, 2.24) is 0 Å². The molecule has 0 amide bonds. The van der Waals surface area contributed by atoms with Gasteiger partial charge in [0.15, 0.2) is 0 Å². The smallest absolute Gasteiger partial charge is 0.129 e. The van der Waals surface area contributed by atoms with Crippen LogP contribution in [0.25, 0.3) is 0 Å². The van der Waals surface area contributed by atoms with Gasteiger partial charge in [0.1, 0.15) is 18.0 Å². The van der Waals surface area contributed by atoms with Gasteiger partial charge in [-0.25, -0.2) is 4.39 Å². The summed E-state index contributed by atoms with van der Waals surface area (Å²) in [6.45, 7) is 2.64. The predicted molar refractivity (Wildman–Crippen MR) is 53.9 cm³/mol. The molecule has 15 heavy (non-hydrogen) atoms. The lowest BCUT2D eigenvalue weighted by atomic mass is 9.99. The Morgan fingerprint density at radius 3 is 2.07 bits per heavy atom. The molecule has 0 aromatic heterocycles. The average molecular weight is 214 g/mol. The monoisotopic (exact) mass is 214 g/mol. The molecule has 84 valence electrons. The second kappa shape index (κ2) is 4.70. The lowest BCUT2D eigenvalue weighted by Gasteiger charge is -2.17. The highest BCUT2D eigenvalue weighted by Crippen LogP contribution is 2.22. The summed E-state index contributed by atoms with van der Waals surface area (Å²) in [7, 11) is 0. The molecule has 2 atom stereocenters. The van der Waals surface area contributed by atoms with Crippen LogP contribution in [0.3, 0.4) is 0 Å². The van der Waals surface area contributed by atoms with E-state index in [9.17, 15) is 14.6 Å². The molecule has 0 fully saturated rings. The minimum atomic E-state index is -1.24. The van der Waals surface area contributed by atoms with Crippen LogP contribution in [0.4, 0.5) is 4.39 Å². The van der Waals surface area contributed by atoms with E-state index >= 15 is 0 Å². The van der Waals surface area contributed by atoms with Crippen LogP contribution in [-0.4, -0.2) is 28.0 Å². The minimum absolute atomic E-state index is 0.315. The second-order valence-electron chi connectivity index (χ2n) is 3.66. The van der Waals surface area contributed by atoms with Gasteiger partial charge in [-0.05, 0) is 30.5 Å². The van der Waals surface area contributed by atoms with E-state index in [4.69, 9.17) is 5.11 Å². The van der Waals surface area contributed by atoms with E-state index in [2.05, 4.69) is 0 Å². The Morgan fingerprint density at radius 1 is 1.20 bits per heavy atom. The molecule has 2 unspecified atom stereocenters. The van der Waals surface area contributed by atoms with E-state index in [1.165, 1.54) is 12.1 Å². The Labute approximate surface area is 87.8 Å².